The van der Waals surface area contributed by atoms with Crippen LogP contribution in [0.4, 0.5) is 11.5 Å². The van der Waals surface area contributed by atoms with Crippen LogP contribution in [-0.4, -0.2) is 44.9 Å². The van der Waals surface area contributed by atoms with Crippen LogP contribution in [-0.2, 0) is 6.54 Å². The maximum Gasteiger partial charge on any atom is 0.328 e. The van der Waals surface area contributed by atoms with Gasteiger partial charge >= 0.3 is 5.69 Å². The molecule has 0 atom stereocenters. The van der Waals surface area contributed by atoms with Gasteiger partial charge in [0.15, 0.2) is 16.6 Å². The van der Waals surface area contributed by atoms with Crippen LogP contribution in [0.5, 0.6) is 5.75 Å². The second kappa shape index (κ2) is 7.96. The minimum atomic E-state index is -0.248. The number of rotatable bonds is 6. The quantitative estimate of drug-likeness (QED) is 0.387. The molecule has 1 N–H and O–H groups in total. The first-order chi connectivity index (χ1) is 14.1. The third kappa shape index (κ3) is 3.68. The molecule has 0 bridgehead atoms. The van der Waals surface area contributed by atoms with Gasteiger partial charge < -0.3 is 14.6 Å². The Morgan fingerprint density at radius 2 is 1.97 bits per heavy atom. The number of ether oxygens (including phenoxy) is 1. The number of aromatic nitrogens is 5. The van der Waals surface area contributed by atoms with Crippen LogP contribution in [0.25, 0.3) is 11.2 Å². The number of nitrogens with one attached hydrogen (secondary N) is 1. The molecule has 0 aliphatic rings. The maximum absolute atomic E-state index is 12.7. The third-order valence-corrected chi connectivity index (χ3v) is 5.14. The number of pyridine rings is 1. The van der Waals surface area contributed by atoms with Gasteiger partial charge in [0, 0.05) is 18.9 Å². The van der Waals surface area contributed by atoms with E-state index in [2.05, 4.69) is 19.9 Å². The fourth-order valence-corrected chi connectivity index (χ4v) is 3.41. The van der Waals surface area contributed by atoms with Crippen molar-refractivity contribution in [2.24, 2.45) is 0 Å². The fraction of sp³-hybridized carbons (Fsp3) is 0.200. The summed E-state index contributed by atoms with van der Waals surface area (Å²) in [6, 6.07) is 13.3. The predicted molar refractivity (Wildman–Crippen MR) is 114 cm³/mol. The van der Waals surface area contributed by atoms with Gasteiger partial charge in [-0.1, -0.05) is 17.8 Å². The Morgan fingerprint density at radius 3 is 2.62 bits per heavy atom. The van der Waals surface area contributed by atoms with Crippen molar-refractivity contribution >= 4 is 34.4 Å². The lowest BCUT2D eigenvalue weighted by Gasteiger charge is -2.19. The summed E-state index contributed by atoms with van der Waals surface area (Å²) in [5.74, 6) is 1.40. The molecular formula is C20H20N6O2S. The van der Waals surface area contributed by atoms with Gasteiger partial charge in [0.1, 0.15) is 11.3 Å². The second-order valence-electron chi connectivity index (χ2n) is 6.33. The zero-order chi connectivity index (χ0) is 20.4. The summed E-state index contributed by atoms with van der Waals surface area (Å²) in [5, 5.41) is 0.585. The molecule has 3 heterocycles. The van der Waals surface area contributed by atoms with E-state index in [1.807, 2.05) is 60.7 Å². The van der Waals surface area contributed by atoms with Crippen molar-refractivity contribution in [2.75, 3.05) is 25.3 Å². The fourth-order valence-electron chi connectivity index (χ4n) is 3.06. The van der Waals surface area contributed by atoms with E-state index in [-0.39, 0.29) is 5.69 Å². The van der Waals surface area contributed by atoms with Gasteiger partial charge in [-0.3, -0.25) is 9.55 Å². The minimum absolute atomic E-state index is 0.248. The Bertz CT molecular complexity index is 1190. The highest BCUT2D eigenvalue weighted by molar-refractivity contribution is 7.98. The van der Waals surface area contributed by atoms with Crippen molar-refractivity contribution in [3.8, 4) is 5.75 Å². The Hall–Kier alpha value is -3.33. The molecule has 0 saturated carbocycles. The van der Waals surface area contributed by atoms with Gasteiger partial charge in [0.25, 0.3) is 0 Å². The minimum Gasteiger partial charge on any atom is -0.497 e. The van der Waals surface area contributed by atoms with Crippen LogP contribution in [0, 0.1) is 0 Å². The molecule has 4 rings (SSSR count). The van der Waals surface area contributed by atoms with Gasteiger partial charge in [-0.2, -0.15) is 0 Å². The van der Waals surface area contributed by atoms with Gasteiger partial charge in [-0.15, -0.1) is 0 Å². The van der Waals surface area contributed by atoms with Crippen LogP contribution < -0.4 is 15.3 Å². The van der Waals surface area contributed by atoms with Gasteiger partial charge in [-0.05, 0) is 42.7 Å². The smallest absolute Gasteiger partial charge is 0.328 e. The molecule has 148 valence electrons. The molecule has 0 unspecified atom stereocenters. The van der Waals surface area contributed by atoms with Gasteiger partial charge in [0.2, 0.25) is 0 Å². The summed E-state index contributed by atoms with van der Waals surface area (Å²) in [5.41, 5.74) is 2.58. The molecule has 0 aliphatic carbocycles. The topological polar surface area (TPSA) is 88.9 Å². The van der Waals surface area contributed by atoms with Crippen LogP contribution >= 0.6 is 11.8 Å². The van der Waals surface area contributed by atoms with E-state index in [9.17, 15) is 4.79 Å². The Balaban J connectivity index is 1.83. The second-order valence-corrected chi connectivity index (χ2v) is 7.10. The third-order valence-electron chi connectivity index (χ3n) is 4.59. The van der Waals surface area contributed by atoms with Crippen molar-refractivity contribution in [3.05, 3.63) is 64.8 Å². The lowest BCUT2D eigenvalue weighted by atomic mass is 10.2. The van der Waals surface area contributed by atoms with E-state index in [4.69, 9.17) is 4.74 Å². The van der Waals surface area contributed by atoms with E-state index in [0.29, 0.717) is 28.7 Å². The SMILES string of the molecule is COc1ccc(N(C)c2nc(SC)nc3c2[nH]c(=O)n3Cc2ccccn2)cc1. The standard InChI is InChI=1S/C20H20N6O2S/c1-25(14-7-9-15(28-2)10-8-14)17-16-18(24-19(23-17)29-3)26(20(27)22-16)12-13-6-4-5-11-21-13/h4-11H,12H2,1-3H3,(H,22,27). The van der Waals surface area contributed by atoms with Crippen molar-refractivity contribution in [2.45, 2.75) is 11.7 Å². The molecule has 0 amide bonds. The molecule has 8 nitrogen and oxygen atoms in total. The molecule has 0 spiro atoms. The number of hydrogen-bond acceptors (Lipinski definition) is 7. The number of aromatic amines is 1. The van der Waals surface area contributed by atoms with E-state index >= 15 is 0 Å². The Morgan fingerprint density at radius 1 is 1.17 bits per heavy atom. The molecule has 0 radical (unpaired) electrons. The Kier molecular flexibility index (Phi) is 5.22. The number of imidazole rings is 1. The lowest BCUT2D eigenvalue weighted by molar-refractivity contribution is 0.415. The van der Waals surface area contributed by atoms with Crippen LogP contribution in [0.1, 0.15) is 5.69 Å². The predicted octanol–water partition coefficient (Wildman–Crippen LogP) is 3.06. The number of hydrogen-bond donors (Lipinski definition) is 1. The number of fused-ring (bicyclic) bond motifs is 1. The van der Waals surface area contributed by atoms with Crippen molar-refractivity contribution < 1.29 is 4.74 Å². The van der Waals surface area contributed by atoms with Crippen LogP contribution in [0.2, 0.25) is 0 Å². The van der Waals surface area contributed by atoms with E-state index < -0.39 is 0 Å². The van der Waals surface area contributed by atoms with Gasteiger partial charge in [0.05, 0.1) is 19.3 Å². The number of H-pyrrole nitrogens is 1. The molecule has 29 heavy (non-hydrogen) atoms. The monoisotopic (exact) mass is 408 g/mol. The summed E-state index contributed by atoms with van der Waals surface area (Å²) in [4.78, 5) is 31.1. The highest BCUT2D eigenvalue weighted by Gasteiger charge is 2.19. The normalized spacial score (nSPS) is 11.0. The number of methoxy groups -OCH3 is 1. The number of benzene rings is 1. The summed E-state index contributed by atoms with van der Waals surface area (Å²) < 4.78 is 6.82. The first kappa shape index (κ1) is 19.0. The van der Waals surface area contributed by atoms with Crippen molar-refractivity contribution in [1.29, 1.82) is 0 Å². The summed E-state index contributed by atoms with van der Waals surface area (Å²) >= 11 is 1.43. The molecule has 3 aromatic heterocycles. The molecule has 0 fully saturated rings. The molecular weight excluding hydrogens is 388 g/mol. The van der Waals surface area contributed by atoms with E-state index in [1.165, 1.54) is 11.8 Å². The number of thioether (sulfide) groups is 1. The highest BCUT2D eigenvalue weighted by Crippen LogP contribution is 2.30. The number of anilines is 2. The Labute approximate surface area is 171 Å². The highest BCUT2D eigenvalue weighted by atomic mass is 32.2. The summed E-state index contributed by atoms with van der Waals surface area (Å²) in [6.07, 6.45) is 3.62. The van der Waals surface area contributed by atoms with Crippen LogP contribution in [0.3, 0.4) is 0 Å². The average molecular weight is 408 g/mol. The zero-order valence-corrected chi connectivity index (χ0v) is 17.1. The molecule has 9 heteroatoms. The summed E-state index contributed by atoms with van der Waals surface area (Å²) in [6.45, 7) is 0.330. The first-order valence-corrected chi connectivity index (χ1v) is 10.2. The largest absolute Gasteiger partial charge is 0.497 e. The molecule has 1 aromatic carbocycles. The van der Waals surface area contributed by atoms with E-state index in [1.54, 1.807) is 17.9 Å². The molecule has 4 aromatic rings. The van der Waals surface area contributed by atoms with Gasteiger partial charge in [-0.25, -0.2) is 14.8 Å². The zero-order valence-electron chi connectivity index (χ0n) is 16.3. The first-order valence-electron chi connectivity index (χ1n) is 8.93. The summed E-state index contributed by atoms with van der Waals surface area (Å²) in [7, 11) is 3.54. The van der Waals surface area contributed by atoms with Crippen molar-refractivity contribution in [3.63, 3.8) is 0 Å². The maximum atomic E-state index is 12.7. The lowest BCUT2D eigenvalue weighted by Crippen LogP contribution is -2.18. The average Bonchev–Trinajstić information content (AvgIpc) is 3.08. The van der Waals surface area contributed by atoms with Crippen LogP contribution in [0.15, 0.2) is 58.6 Å². The van der Waals surface area contributed by atoms with E-state index in [0.717, 1.165) is 17.1 Å². The number of nitrogens with zero attached hydrogens (tertiary/aromatic N) is 5. The van der Waals surface area contributed by atoms with Crippen molar-refractivity contribution in [1.82, 2.24) is 24.5 Å². The molecule has 0 aliphatic heterocycles. The molecule has 0 saturated heterocycles.